The second-order valence-electron chi connectivity index (χ2n) is 9.42. The van der Waals surface area contributed by atoms with Gasteiger partial charge in [0, 0.05) is 41.7 Å². The van der Waals surface area contributed by atoms with Gasteiger partial charge in [-0.25, -0.2) is 4.79 Å². The molecule has 11 nitrogen and oxygen atoms in total. The standard InChI is InChI=1S/C27H30N4O7/c1-27(2,3)38-26(34)30-22(16-19-17-29-21-10-6-5-9-20(19)21)25(33)28-14-12-24(32)37-23-11-7-4-8-18(23)13-15-31(35)36/h4-11,13,15,17,22,29H,12,14,16H2,1-3H3,(H,28,33)(H,30,34)/b15-13+/t22-/m0/s1. The summed E-state index contributed by atoms with van der Waals surface area (Å²) in [4.78, 5) is 51.0. The van der Waals surface area contributed by atoms with Crippen molar-refractivity contribution in [3.05, 3.63) is 82.2 Å². The Morgan fingerprint density at radius 3 is 2.55 bits per heavy atom. The summed E-state index contributed by atoms with van der Waals surface area (Å²) in [7, 11) is 0. The fraction of sp³-hybridized carbons (Fsp3) is 0.296. The van der Waals surface area contributed by atoms with E-state index in [0.717, 1.165) is 22.7 Å². The number of aromatic amines is 1. The van der Waals surface area contributed by atoms with Gasteiger partial charge in [-0.05, 0) is 38.5 Å². The van der Waals surface area contributed by atoms with Gasteiger partial charge in [0.15, 0.2) is 0 Å². The minimum absolute atomic E-state index is 0.0506. The van der Waals surface area contributed by atoms with E-state index in [-0.39, 0.29) is 25.1 Å². The maximum atomic E-state index is 13.0. The molecule has 1 heterocycles. The molecule has 1 aromatic heterocycles. The van der Waals surface area contributed by atoms with Gasteiger partial charge in [-0.1, -0.05) is 36.4 Å². The first kappa shape index (κ1) is 27.9. The number of nitro groups is 1. The number of benzene rings is 2. The van der Waals surface area contributed by atoms with E-state index in [1.165, 1.54) is 12.1 Å². The minimum Gasteiger partial charge on any atom is -0.444 e. The lowest BCUT2D eigenvalue weighted by atomic mass is 10.0. The number of rotatable bonds is 10. The topological polar surface area (TPSA) is 153 Å². The van der Waals surface area contributed by atoms with Crippen molar-refractivity contribution in [1.82, 2.24) is 15.6 Å². The van der Waals surface area contributed by atoms with Gasteiger partial charge in [0.1, 0.15) is 17.4 Å². The molecule has 2 aromatic carbocycles. The summed E-state index contributed by atoms with van der Waals surface area (Å²) in [6, 6.07) is 13.0. The molecule has 0 spiro atoms. The lowest BCUT2D eigenvalue weighted by Crippen LogP contribution is -2.49. The number of ether oxygens (including phenoxy) is 2. The van der Waals surface area contributed by atoms with Crippen LogP contribution in [0.3, 0.4) is 0 Å². The van der Waals surface area contributed by atoms with Gasteiger partial charge in [-0.15, -0.1) is 0 Å². The van der Waals surface area contributed by atoms with Crippen LogP contribution in [0.5, 0.6) is 5.75 Å². The summed E-state index contributed by atoms with van der Waals surface area (Å²) in [5.74, 6) is -0.977. The van der Waals surface area contributed by atoms with Crippen molar-refractivity contribution in [2.24, 2.45) is 0 Å². The Hall–Kier alpha value is -4.67. The molecule has 0 aliphatic rings. The Bertz CT molecular complexity index is 1340. The second-order valence-corrected chi connectivity index (χ2v) is 9.42. The van der Waals surface area contributed by atoms with Crippen molar-refractivity contribution in [3.8, 4) is 5.75 Å². The highest BCUT2D eigenvalue weighted by Crippen LogP contribution is 2.21. The van der Waals surface area contributed by atoms with E-state index < -0.39 is 34.5 Å². The van der Waals surface area contributed by atoms with E-state index in [9.17, 15) is 24.5 Å². The molecule has 0 saturated heterocycles. The molecule has 2 amide bonds. The van der Waals surface area contributed by atoms with Gasteiger partial charge in [-0.2, -0.15) is 0 Å². The van der Waals surface area contributed by atoms with E-state index in [2.05, 4.69) is 15.6 Å². The number of hydrogen-bond acceptors (Lipinski definition) is 7. The number of hydrogen-bond donors (Lipinski definition) is 3. The predicted molar refractivity (Wildman–Crippen MR) is 141 cm³/mol. The molecule has 0 bridgehead atoms. The molecule has 0 fully saturated rings. The van der Waals surface area contributed by atoms with Crippen molar-refractivity contribution < 1.29 is 28.8 Å². The molecule has 0 aliphatic heterocycles. The maximum absolute atomic E-state index is 13.0. The van der Waals surface area contributed by atoms with Crippen LogP contribution in [-0.4, -0.2) is 46.1 Å². The number of aromatic nitrogens is 1. The van der Waals surface area contributed by atoms with Gasteiger partial charge in [0.2, 0.25) is 12.1 Å². The van der Waals surface area contributed by atoms with Crippen LogP contribution in [0.1, 0.15) is 38.3 Å². The van der Waals surface area contributed by atoms with Crippen LogP contribution in [0, 0.1) is 10.1 Å². The SMILES string of the molecule is CC(C)(C)OC(=O)N[C@@H](Cc1c[nH]c2ccccc12)C(=O)NCCC(=O)Oc1ccccc1/C=C/[N+](=O)[O-]. The average molecular weight is 523 g/mol. The molecule has 3 rings (SSSR count). The third-order valence-corrected chi connectivity index (χ3v) is 5.25. The second kappa shape index (κ2) is 12.5. The molecule has 0 aliphatic carbocycles. The van der Waals surface area contributed by atoms with Crippen molar-refractivity contribution >= 4 is 34.9 Å². The molecule has 11 heteroatoms. The number of para-hydroxylation sites is 2. The Morgan fingerprint density at radius 1 is 1.11 bits per heavy atom. The van der Waals surface area contributed by atoms with Gasteiger partial charge in [-0.3, -0.25) is 19.7 Å². The first-order valence-electron chi connectivity index (χ1n) is 12.0. The third-order valence-electron chi connectivity index (χ3n) is 5.25. The number of carbonyl (C=O) groups excluding carboxylic acids is 3. The van der Waals surface area contributed by atoms with Crippen molar-refractivity contribution in [3.63, 3.8) is 0 Å². The van der Waals surface area contributed by atoms with Crippen LogP contribution in [0.15, 0.2) is 60.9 Å². The Morgan fingerprint density at radius 2 is 1.82 bits per heavy atom. The Kier molecular flexibility index (Phi) is 9.20. The van der Waals surface area contributed by atoms with Crippen LogP contribution < -0.4 is 15.4 Å². The third kappa shape index (κ3) is 8.47. The molecule has 200 valence electrons. The van der Waals surface area contributed by atoms with E-state index in [0.29, 0.717) is 5.56 Å². The number of H-pyrrole nitrogens is 1. The number of amides is 2. The van der Waals surface area contributed by atoms with Crippen molar-refractivity contribution in [2.45, 2.75) is 45.3 Å². The first-order valence-corrected chi connectivity index (χ1v) is 12.0. The zero-order valence-electron chi connectivity index (χ0n) is 21.4. The van der Waals surface area contributed by atoms with Crippen molar-refractivity contribution in [1.29, 1.82) is 0 Å². The van der Waals surface area contributed by atoms with Crippen molar-refractivity contribution in [2.75, 3.05) is 6.54 Å². The molecular formula is C27H30N4O7. The van der Waals surface area contributed by atoms with Gasteiger partial charge < -0.3 is 25.1 Å². The number of nitrogens with zero attached hydrogens (tertiary/aromatic N) is 1. The smallest absolute Gasteiger partial charge is 0.408 e. The average Bonchev–Trinajstić information content (AvgIpc) is 3.24. The molecule has 0 unspecified atom stereocenters. The first-order chi connectivity index (χ1) is 18.0. The lowest BCUT2D eigenvalue weighted by Gasteiger charge is -2.23. The lowest BCUT2D eigenvalue weighted by molar-refractivity contribution is -0.400. The molecule has 1 atom stereocenters. The van der Waals surface area contributed by atoms with Gasteiger partial charge >= 0.3 is 12.1 Å². The molecular weight excluding hydrogens is 492 g/mol. The Labute approximate surface area is 219 Å². The van der Waals surface area contributed by atoms with Crippen LogP contribution in [0.4, 0.5) is 4.79 Å². The zero-order chi connectivity index (χ0) is 27.7. The highest BCUT2D eigenvalue weighted by Gasteiger charge is 2.25. The van der Waals surface area contributed by atoms with Crippen LogP contribution in [0.25, 0.3) is 17.0 Å². The summed E-state index contributed by atoms with van der Waals surface area (Å²) >= 11 is 0. The normalized spacial score (nSPS) is 12.2. The molecule has 0 saturated carbocycles. The van der Waals surface area contributed by atoms with Crippen LogP contribution >= 0.6 is 0 Å². The summed E-state index contributed by atoms with van der Waals surface area (Å²) in [6.07, 6.45) is 3.04. The number of fused-ring (bicyclic) bond motifs is 1. The maximum Gasteiger partial charge on any atom is 0.408 e. The van der Waals surface area contributed by atoms with E-state index in [1.807, 2.05) is 24.3 Å². The molecule has 38 heavy (non-hydrogen) atoms. The van der Waals surface area contributed by atoms with E-state index in [1.54, 1.807) is 45.2 Å². The van der Waals surface area contributed by atoms with Gasteiger partial charge in [0.25, 0.3) is 0 Å². The number of carbonyl (C=O) groups is 3. The van der Waals surface area contributed by atoms with E-state index in [4.69, 9.17) is 9.47 Å². The summed E-state index contributed by atoms with van der Waals surface area (Å²) in [6.45, 7) is 5.11. The minimum atomic E-state index is -0.965. The Balaban J connectivity index is 1.63. The number of esters is 1. The largest absolute Gasteiger partial charge is 0.444 e. The molecule has 0 radical (unpaired) electrons. The monoisotopic (exact) mass is 522 g/mol. The summed E-state index contributed by atoms with van der Waals surface area (Å²) in [5.41, 5.74) is 1.34. The number of nitrogens with one attached hydrogen (secondary N) is 3. The summed E-state index contributed by atoms with van der Waals surface area (Å²) in [5, 5.41) is 16.8. The zero-order valence-corrected chi connectivity index (χ0v) is 21.4. The predicted octanol–water partition coefficient (Wildman–Crippen LogP) is 3.96. The van der Waals surface area contributed by atoms with Gasteiger partial charge in [0.05, 0.1) is 11.3 Å². The van der Waals surface area contributed by atoms with Crippen LogP contribution in [-0.2, 0) is 20.7 Å². The van der Waals surface area contributed by atoms with Crippen LogP contribution in [0.2, 0.25) is 0 Å². The highest BCUT2D eigenvalue weighted by molar-refractivity contribution is 5.88. The quantitative estimate of drug-likeness (QED) is 0.158. The summed E-state index contributed by atoms with van der Waals surface area (Å²) < 4.78 is 10.6. The van der Waals surface area contributed by atoms with E-state index >= 15 is 0 Å². The fourth-order valence-electron chi connectivity index (χ4n) is 3.62. The fourth-order valence-corrected chi connectivity index (χ4v) is 3.62. The highest BCUT2D eigenvalue weighted by atomic mass is 16.6. The number of alkyl carbamates (subject to hydrolysis) is 1. The molecule has 3 N–H and O–H groups in total. The molecule has 3 aromatic rings.